The number of hydrogen-bond acceptors (Lipinski definition) is 4. The zero-order valence-electron chi connectivity index (χ0n) is 19.7. The van der Waals surface area contributed by atoms with Crippen LogP contribution in [0.15, 0.2) is 36.5 Å². The van der Waals surface area contributed by atoms with E-state index in [1.54, 1.807) is 0 Å². The van der Waals surface area contributed by atoms with Crippen LogP contribution in [0.25, 0.3) is 10.9 Å². The van der Waals surface area contributed by atoms with Crippen LogP contribution in [0.1, 0.15) is 58.6 Å². The van der Waals surface area contributed by atoms with Crippen molar-refractivity contribution < 1.29 is 23.2 Å². The van der Waals surface area contributed by atoms with Crippen molar-refractivity contribution in [1.82, 2.24) is 20.1 Å². The molecule has 0 aliphatic carbocycles. The van der Waals surface area contributed by atoms with E-state index in [2.05, 4.69) is 33.4 Å². The molecule has 6 rings (SSSR count). The highest BCUT2D eigenvalue weighted by molar-refractivity contribution is 6.05. The van der Waals surface area contributed by atoms with E-state index in [1.807, 2.05) is 12.3 Å². The summed E-state index contributed by atoms with van der Waals surface area (Å²) in [6.45, 7) is 2.11. The van der Waals surface area contributed by atoms with E-state index in [0.29, 0.717) is 25.9 Å². The van der Waals surface area contributed by atoms with Gasteiger partial charge in [0.2, 0.25) is 11.8 Å². The van der Waals surface area contributed by atoms with E-state index in [9.17, 15) is 14.4 Å². The summed E-state index contributed by atoms with van der Waals surface area (Å²) in [5, 5.41) is 3.38. The fraction of sp³-hybridized carbons (Fsp3) is 0.370. The molecule has 7 nitrogen and oxygen atoms in total. The highest BCUT2D eigenvalue weighted by Gasteiger charge is 2.42. The van der Waals surface area contributed by atoms with Gasteiger partial charge in [-0.25, -0.2) is 8.78 Å². The van der Waals surface area contributed by atoms with Crippen molar-refractivity contribution in [1.29, 1.82) is 0 Å². The molecule has 3 amide bonds. The number of benzene rings is 2. The number of likely N-dealkylation sites (tertiary alicyclic amines) is 1. The third kappa shape index (κ3) is 3.87. The fourth-order valence-corrected chi connectivity index (χ4v) is 5.86. The van der Waals surface area contributed by atoms with Crippen LogP contribution in [0.3, 0.4) is 0 Å². The normalized spacial score (nSPS) is 21.3. The molecule has 0 radical (unpaired) electrons. The van der Waals surface area contributed by atoms with E-state index in [1.165, 1.54) is 10.5 Å². The van der Waals surface area contributed by atoms with E-state index in [4.69, 9.17) is 0 Å². The average molecular weight is 493 g/mol. The Kier molecular flexibility index (Phi) is 5.59. The van der Waals surface area contributed by atoms with Gasteiger partial charge in [-0.2, -0.15) is 0 Å². The van der Waals surface area contributed by atoms with Crippen molar-refractivity contribution in [3.8, 4) is 0 Å². The molecule has 0 bridgehead atoms. The lowest BCUT2D eigenvalue weighted by molar-refractivity contribution is -0.136. The fourth-order valence-electron chi connectivity index (χ4n) is 5.86. The summed E-state index contributed by atoms with van der Waals surface area (Å²) < 4.78 is 30.8. The number of hydrogen-bond donors (Lipinski definition) is 2. The lowest BCUT2D eigenvalue weighted by atomic mass is 9.86. The lowest BCUT2D eigenvalue weighted by Gasteiger charge is -2.32. The molecule has 2 aromatic carbocycles. The van der Waals surface area contributed by atoms with Gasteiger partial charge < -0.3 is 9.88 Å². The Hall–Kier alpha value is -3.59. The Balaban J connectivity index is 1.17. The summed E-state index contributed by atoms with van der Waals surface area (Å²) in [6, 6.07) is 8.62. The second kappa shape index (κ2) is 8.81. The molecule has 4 heterocycles. The Labute approximate surface area is 206 Å². The van der Waals surface area contributed by atoms with Gasteiger partial charge in [0.15, 0.2) is 0 Å². The first kappa shape index (κ1) is 22.8. The van der Waals surface area contributed by atoms with Crippen LogP contribution in [0, 0.1) is 11.6 Å². The zero-order chi connectivity index (χ0) is 25.0. The quantitative estimate of drug-likeness (QED) is 0.546. The summed E-state index contributed by atoms with van der Waals surface area (Å²) in [5.74, 6) is -3.20. The average Bonchev–Trinajstić information content (AvgIpc) is 3.45. The molecule has 1 atom stereocenters. The third-order valence-corrected chi connectivity index (χ3v) is 7.78. The maximum atomic E-state index is 15.7. The number of fused-ring (bicyclic) bond motifs is 2. The van der Waals surface area contributed by atoms with Crippen molar-refractivity contribution in [3.63, 3.8) is 0 Å². The third-order valence-electron chi connectivity index (χ3n) is 7.78. The number of aromatic amines is 1. The number of carbonyl (C=O) groups is 3. The number of imide groups is 1. The standard InChI is InChI=1S/C27H26F2N4O3/c28-20-12-18-19(14-33(27(18)36)22-3-4-23(34)31-26(22)35)25(29)24(20)16-6-9-32(10-7-16)13-15-1-2-21-17(11-15)5-8-30-21/h1-2,5,8,11-12,16,22,30H,3-4,6-7,9-10,13-14H2,(H,31,34,35). The second-order valence-corrected chi connectivity index (χ2v) is 9.96. The predicted molar refractivity (Wildman–Crippen MR) is 128 cm³/mol. The van der Waals surface area contributed by atoms with Crippen molar-refractivity contribution in [2.45, 2.75) is 50.7 Å². The minimum Gasteiger partial charge on any atom is -0.361 e. The van der Waals surface area contributed by atoms with Crippen molar-refractivity contribution in [3.05, 3.63) is 70.4 Å². The summed E-state index contributed by atoms with van der Waals surface area (Å²) in [5.41, 5.74) is 2.44. The van der Waals surface area contributed by atoms with Crippen molar-refractivity contribution >= 4 is 28.6 Å². The summed E-state index contributed by atoms with van der Waals surface area (Å²) in [7, 11) is 0. The van der Waals surface area contributed by atoms with E-state index < -0.39 is 35.4 Å². The van der Waals surface area contributed by atoms with E-state index >= 15 is 8.78 Å². The molecule has 2 saturated heterocycles. The van der Waals surface area contributed by atoms with Gasteiger partial charge in [0.1, 0.15) is 17.7 Å². The number of nitrogens with zero attached hydrogens (tertiary/aromatic N) is 2. The number of piperidine rings is 2. The van der Waals surface area contributed by atoms with Crippen LogP contribution in [-0.4, -0.2) is 51.6 Å². The smallest absolute Gasteiger partial charge is 0.255 e. The van der Waals surface area contributed by atoms with Gasteiger partial charge in [0.05, 0.1) is 12.1 Å². The number of nitrogens with one attached hydrogen (secondary N) is 2. The molecule has 1 aromatic heterocycles. The number of aromatic nitrogens is 1. The first-order valence-electron chi connectivity index (χ1n) is 12.3. The lowest BCUT2D eigenvalue weighted by Crippen LogP contribution is -2.52. The number of amides is 3. The van der Waals surface area contributed by atoms with E-state index in [-0.39, 0.29) is 42.0 Å². The molecule has 3 aromatic rings. The summed E-state index contributed by atoms with van der Waals surface area (Å²) in [6.07, 6.45) is 3.43. The topological polar surface area (TPSA) is 85.5 Å². The monoisotopic (exact) mass is 492 g/mol. The maximum absolute atomic E-state index is 15.7. The Morgan fingerprint density at radius 1 is 1.00 bits per heavy atom. The van der Waals surface area contributed by atoms with Crippen LogP contribution in [0.4, 0.5) is 8.78 Å². The minimum atomic E-state index is -0.859. The molecule has 9 heteroatoms. The summed E-state index contributed by atoms with van der Waals surface area (Å²) >= 11 is 0. The van der Waals surface area contributed by atoms with Crippen LogP contribution in [0.5, 0.6) is 0 Å². The highest BCUT2D eigenvalue weighted by Crippen LogP contribution is 2.38. The first-order valence-corrected chi connectivity index (χ1v) is 12.3. The number of rotatable bonds is 4. The van der Waals surface area contributed by atoms with Crippen molar-refractivity contribution in [2.24, 2.45) is 0 Å². The molecule has 1 unspecified atom stereocenters. The van der Waals surface area contributed by atoms with Gasteiger partial charge in [0.25, 0.3) is 5.91 Å². The molecule has 36 heavy (non-hydrogen) atoms. The molecule has 2 N–H and O–H groups in total. The molecule has 3 aliphatic heterocycles. The molecule has 3 aliphatic rings. The highest BCUT2D eigenvalue weighted by atomic mass is 19.1. The number of halogens is 2. The SMILES string of the molecule is O=C1CCC(N2Cc3c(cc(F)c(C4CCN(Cc5ccc6[nH]ccc6c5)CC4)c3F)C2=O)C(=O)N1. The molecule has 0 saturated carbocycles. The zero-order valence-corrected chi connectivity index (χ0v) is 19.7. The Bertz CT molecular complexity index is 1390. The van der Waals surface area contributed by atoms with Gasteiger partial charge in [-0.15, -0.1) is 0 Å². The van der Waals surface area contributed by atoms with Crippen LogP contribution >= 0.6 is 0 Å². The van der Waals surface area contributed by atoms with E-state index in [0.717, 1.165) is 23.5 Å². The van der Waals surface area contributed by atoms with Crippen LogP contribution in [0.2, 0.25) is 0 Å². The van der Waals surface area contributed by atoms with Crippen LogP contribution in [-0.2, 0) is 22.7 Å². The van der Waals surface area contributed by atoms with Crippen molar-refractivity contribution in [2.75, 3.05) is 13.1 Å². The molecule has 186 valence electrons. The van der Waals surface area contributed by atoms with Gasteiger partial charge >= 0.3 is 0 Å². The summed E-state index contributed by atoms with van der Waals surface area (Å²) in [4.78, 5) is 43.4. The van der Waals surface area contributed by atoms with Gasteiger partial charge in [0, 0.05) is 35.8 Å². The first-order chi connectivity index (χ1) is 17.4. The van der Waals surface area contributed by atoms with Gasteiger partial charge in [-0.3, -0.25) is 24.6 Å². The molecular formula is C27H26F2N4O3. The minimum absolute atomic E-state index is 0.0314. The molecule has 0 spiro atoms. The largest absolute Gasteiger partial charge is 0.361 e. The predicted octanol–water partition coefficient (Wildman–Crippen LogP) is 3.59. The van der Waals surface area contributed by atoms with Gasteiger partial charge in [-0.1, -0.05) is 6.07 Å². The Morgan fingerprint density at radius 3 is 2.58 bits per heavy atom. The van der Waals surface area contributed by atoms with Crippen LogP contribution < -0.4 is 5.32 Å². The molecular weight excluding hydrogens is 466 g/mol. The number of carbonyl (C=O) groups excluding carboxylic acids is 3. The van der Waals surface area contributed by atoms with Gasteiger partial charge in [-0.05, 0) is 73.5 Å². The second-order valence-electron chi connectivity index (χ2n) is 9.96. The Morgan fingerprint density at radius 2 is 1.81 bits per heavy atom. The molecule has 2 fully saturated rings. The maximum Gasteiger partial charge on any atom is 0.255 e. The number of H-pyrrole nitrogens is 1.